The van der Waals surface area contributed by atoms with Crippen molar-refractivity contribution in [1.29, 1.82) is 0 Å². The van der Waals surface area contributed by atoms with Gasteiger partial charge < -0.3 is 4.90 Å². The summed E-state index contributed by atoms with van der Waals surface area (Å²) >= 11 is 0. The quantitative estimate of drug-likeness (QED) is 0.635. The van der Waals surface area contributed by atoms with E-state index in [0.29, 0.717) is 43.8 Å². The number of nitrogens with zero attached hydrogens (tertiary/aromatic N) is 4. The number of nitrogens with one attached hydrogen (secondary N) is 1. The highest BCUT2D eigenvalue weighted by molar-refractivity contribution is 7.92. The zero-order valence-electron chi connectivity index (χ0n) is 15.8. The second-order valence-corrected chi connectivity index (χ2v) is 8.80. The summed E-state index contributed by atoms with van der Waals surface area (Å²) < 4.78 is 28.0. The molecule has 0 aliphatic carbocycles. The molecule has 0 bridgehead atoms. The fourth-order valence-electron chi connectivity index (χ4n) is 3.37. The van der Waals surface area contributed by atoms with Crippen molar-refractivity contribution in [3.8, 4) is 0 Å². The SMILES string of the molecule is O=c1c2ccccc2nnn1C[NH+]1CCN(S(=O)(=O)/C=C/c2ccccc2)CC1. The zero-order chi connectivity index (χ0) is 20.3. The van der Waals surface area contributed by atoms with Crippen molar-refractivity contribution in [3.05, 3.63) is 75.9 Å². The molecular formula is C20H22N5O3S+. The van der Waals surface area contributed by atoms with Crippen LogP contribution < -0.4 is 10.5 Å². The van der Waals surface area contributed by atoms with Gasteiger partial charge in [0.1, 0.15) is 5.52 Å². The van der Waals surface area contributed by atoms with Crippen LogP contribution in [0, 0.1) is 0 Å². The van der Waals surface area contributed by atoms with Gasteiger partial charge in [-0.15, -0.1) is 5.10 Å². The Morgan fingerprint density at radius 2 is 1.69 bits per heavy atom. The predicted octanol–water partition coefficient (Wildman–Crippen LogP) is -0.0498. The Bertz CT molecular complexity index is 1180. The second kappa shape index (κ2) is 8.24. The number of hydrogen-bond acceptors (Lipinski definition) is 5. The molecule has 29 heavy (non-hydrogen) atoms. The number of rotatable bonds is 5. The number of aromatic nitrogens is 3. The van der Waals surface area contributed by atoms with Crippen LogP contribution in [0.4, 0.5) is 0 Å². The Morgan fingerprint density at radius 1 is 1.00 bits per heavy atom. The third kappa shape index (κ3) is 4.42. The van der Waals surface area contributed by atoms with Crippen LogP contribution in [0.2, 0.25) is 0 Å². The van der Waals surface area contributed by atoms with Gasteiger partial charge in [0.05, 0.1) is 31.6 Å². The van der Waals surface area contributed by atoms with Crippen molar-refractivity contribution in [1.82, 2.24) is 19.3 Å². The van der Waals surface area contributed by atoms with Crippen LogP contribution in [0.3, 0.4) is 0 Å². The average molecular weight is 412 g/mol. The van der Waals surface area contributed by atoms with E-state index < -0.39 is 10.0 Å². The number of benzene rings is 2. The summed E-state index contributed by atoms with van der Waals surface area (Å²) in [4.78, 5) is 13.7. The summed E-state index contributed by atoms with van der Waals surface area (Å²) in [6.07, 6.45) is 1.61. The van der Waals surface area contributed by atoms with E-state index >= 15 is 0 Å². The first-order valence-electron chi connectivity index (χ1n) is 9.42. The predicted molar refractivity (Wildman–Crippen MR) is 110 cm³/mol. The minimum absolute atomic E-state index is 0.177. The molecule has 4 rings (SSSR count). The number of hydrogen-bond donors (Lipinski definition) is 1. The normalized spacial score (nSPS) is 16.6. The Hall–Kier alpha value is -2.88. The first-order valence-corrected chi connectivity index (χ1v) is 10.9. The van der Waals surface area contributed by atoms with Gasteiger partial charge in [0.25, 0.3) is 5.56 Å². The van der Waals surface area contributed by atoms with E-state index in [1.54, 1.807) is 24.3 Å². The third-order valence-electron chi connectivity index (χ3n) is 5.02. The molecule has 1 aliphatic rings. The largest absolute Gasteiger partial charge is 0.314 e. The van der Waals surface area contributed by atoms with Crippen molar-refractivity contribution in [2.75, 3.05) is 26.2 Å². The van der Waals surface area contributed by atoms with Crippen LogP contribution >= 0.6 is 0 Å². The lowest BCUT2D eigenvalue weighted by atomic mass is 10.2. The summed E-state index contributed by atoms with van der Waals surface area (Å²) in [5.41, 5.74) is 1.24. The Kier molecular flexibility index (Phi) is 5.52. The topological polar surface area (TPSA) is 89.6 Å². The summed E-state index contributed by atoms with van der Waals surface area (Å²) in [6.45, 7) is 2.35. The smallest absolute Gasteiger partial charge is 0.282 e. The van der Waals surface area contributed by atoms with Crippen LogP contribution in [-0.2, 0) is 16.7 Å². The minimum atomic E-state index is -3.47. The molecule has 0 radical (unpaired) electrons. The Labute approximate surface area is 168 Å². The van der Waals surface area contributed by atoms with E-state index in [0.717, 1.165) is 10.5 Å². The number of quaternary nitrogens is 1. The van der Waals surface area contributed by atoms with E-state index in [2.05, 4.69) is 10.3 Å². The molecule has 3 aromatic rings. The van der Waals surface area contributed by atoms with Gasteiger partial charge in [-0.1, -0.05) is 47.7 Å². The second-order valence-electron chi connectivity index (χ2n) is 6.98. The van der Waals surface area contributed by atoms with E-state index in [9.17, 15) is 13.2 Å². The van der Waals surface area contributed by atoms with E-state index in [-0.39, 0.29) is 5.56 Å². The monoisotopic (exact) mass is 412 g/mol. The molecule has 8 nitrogen and oxygen atoms in total. The lowest BCUT2D eigenvalue weighted by Crippen LogP contribution is -3.14. The van der Waals surface area contributed by atoms with Gasteiger partial charge in [-0.25, -0.2) is 8.42 Å². The third-order valence-corrected chi connectivity index (χ3v) is 6.59. The molecule has 0 atom stereocenters. The maximum absolute atomic E-state index is 12.6. The highest BCUT2D eigenvalue weighted by Crippen LogP contribution is 2.08. The highest BCUT2D eigenvalue weighted by atomic mass is 32.2. The molecule has 0 unspecified atom stereocenters. The standard InChI is InChI=1S/C20H21N5O3S/c26-20-18-8-4-5-9-19(18)21-22-25(20)16-23-11-13-24(14-12-23)29(27,28)15-10-17-6-2-1-3-7-17/h1-10,15H,11-14,16H2/p+1/b15-10+. The van der Waals surface area contributed by atoms with Crippen LogP contribution in [0.15, 0.2) is 64.8 Å². The summed E-state index contributed by atoms with van der Waals surface area (Å²) in [6, 6.07) is 16.5. The Balaban J connectivity index is 1.40. The van der Waals surface area contributed by atoms with E-state index in [1.807, 2.05) is 36.4 Å². The first kappa shape index (κ1) is 19.4. The van der Waals surface area contributed by atoms with Crippen LogP contribution in [0.25, 0.3) is 17.0 Å². The van der Waals surface area contributed by atoms with Gasteiger partial charge in [0.15, 0.2) is 6.67 Å². The molecular weight excluding hydrogens is 390 g/mol. The number of sulfonamides is 1. The molecule has 1 saturated heterocycles. The van der Waals surface area contributed by atoms with Gasteiger partial charge >= 0.3 is 0 Å². The fraction of sp³-hybridized carbons (Fsp3) is 0.250. The summed E-state index contributed by atoms with van der Waals surface area (Å²) in [5.74, 6) is 0. The zero-order valence-corrected chi connectivity index (χ0v) is 16.6. The summed E-state index contributed by atoms with van der Waals surface area (Å²) in [5, 5.41) is 9.91. The van der Waals surface area contributed by atoms with Gasteiger partial charge in [-0.05, 0) is 23.8 Å². The molecule has 0 saturated carbocycles. The van der Waals surface area contributed by atoms with E-state index in [4.69, 9.17) is 0 Å². The van der Waals surface area contributed by atoms with Crippen LogP contribution in [0.5, 0.6) is 0 Å². The maximum atomic E-state index is 12.6. The van der Waals surface area contributed by atoms with Crippen molar-refractivity contribution in [3.63, 3.8) is 0 Å². The Morgan fingerprint density at radius 3 is 2.45 bits per heavy atom. The molecule has 0 spiro atoms. The molecule has 2 aromatic carbocycles. The van der Waals surface area contributed by atoms with Gasteiger partial charge in [-0.2, -0.15) is 8.99 Å². The van der Waals surface area contributed by atoms with Crippen molar-refractivity contribution < 1.29 is 13.3 Å². The number of piperazine rings is 1. The molecule has 1 fully saturated rings. The van der Waals surface area contributed by atoms with Crippen molar-refractivity contribution in [2.24, 2.45) is 0 Å². The highest BCUT2D eigenvalue weighted by Gasteiger charge is 2.28. The van der Waals surface area contributed by atoms with Crippen LogP contribution in [0.1, 0.15) is 5.56 Å². The molecule has 1 aliphatic heterocycles. The van der Waals surface area contributed by atoms with Crippen LogP contribution in [-0.4, -0.2) is 53.9 Å². The van der Waals surface area contributed by atoms with E-state index in [1.165, 1.54) is 14.4 Å². The van der Waals surface area contributed by atoms with Gasteiger partial charge in [0, 0.05) is 5.41 Å². The van der Waals surface area contributed by atoms with Gasteiger partial charge in [-0.3, -0.25) is 4.79 Å². The lowest BCUT2D eigenvalue weighted by Gasteiger charge is -2.30. The summed E-state index contributed by atoms with van der Waals surface area (Å²) in [7, 11) is -3.47. The first-order chi connectivity index (χ1) is 14.0. The lowest BCUT2D eigenvalue weighted by molar-refractivity contribution is -0.927. The van der Waals surface area contributed by atoms with Crippen molar-refractivity contribution in [2.45, 2.75) is 6.67 Å². The minimum Gasteiger partial charge on any atom is -0.314 e. The molecule has 0 amide bonds. The van der Waals surface area contributed by atoms with Crippen molar-refractivity contribution >= 4 is 27.0 Å². The fourth-order valence-corrected chi connectivity index (χ4v) is 4.56. The van der Waals surface area contributed by atoms with Gasteiger partial charge in [0.2, 0.25) is 10.0 Å². The molecule has 150 valence electrons. The number of fused-ring (bicyclic) bond motifs is 1. The molecule has 2 heterocycles. The molecule has 1 N–H and O–H groups in total. The maximum Gasteiger partial charge on any atom is 0.282 e. The molecule has 9 heteroatoms. The average Bonchev–Trinajstić information content (AvgIpc) is 2.76. The molecule has 1 aromatic heterocycles.